The van der Waals surface area contributed by atoms with Gasteiger partial charge >= 0.3 is 12.6 Å². The number of hydrogen-bond acceptors (Lipinski definition) is 2. The summed E-state index contributed by atoms with van der Waals surface area (Å²) in [5, 5.41) is 8.60. The van der Waals surface area contributed by atoms with Crippen molar-refractivity contribution >= 4 is 5.97 Å². The molecule has 0 aliphatic heterocycles. The van der Waals surface area contributed by atoms with Crippen molar-refractivity contribution in [2.45, 2.75) is 39.9 Å². The van der Waals surface area contributed by atoms with Gasteiger partial charge in [-0.15, -0.1) is 0 Å². The predicted molar refractivity (Wildman–Crippen MR) is 47.1 cm³/mol. The lowest BCUT2D eigenvalue weighted by Gasteiger charge is -2.22. The minimum Gasteiger partial charge on any atom is -0.481 e. The van der Waals surface area contributed by atoms with Crippen LogP contribution in [0.15, 0.2) is 0 Å². The Bertz CT molecular complexity index is 183. The first-order valence-electron chi connectivity index (χ1n) is 4.51. The normalized spacial score (nSPS) is 15.9. The molecule has 2 atom stereocenters. The molecule has 0 aromatic rings. The number of rotatable bonds is 6. The number of halogens is 2. The van der Waals surface area contributed by atoms with Crippen molar-refractivity contribution in [2.24, 2.45) is 11.8 Å². The van der Waals surface area contributed by atoms with Gasteiger partial charge in [0.1, 0.15) is 0 Å². The maximum absolute atomic E-state index is 11.9. The zero-order chi connectivity index (χ0) is 11.3. The lowest BCUT2D eigenvalue weighted by Crippen LogP contribution is -2.27. The zero-order valence-corrected chi connectivity index (χ0v) is 8.54. The highest BCUT2D eigenvalue weighted by molar-refractivity contribution is 5.69. The number of carbonyl (C=O) groups is 1. The Kier molecular flexibility index (Phi) is 5.60. The van der Waals surface area contributed by atoms with Crippen LogP contribution in [0.2, 0.25) is 0 Å². The van der Waals surface area contributed by atoms with Crippen LogP contribution in [-0.4, -0.2) is 23.8 Å². The van der Waals surface area contributed by atoms with E-state index >= 15 is 0 Å². The van der Waals surface area contributed by atoms with E-state index in [0.717, 1.165) is 0 Å². The molecule has 0 aliphatic rings. The van der Waals surface area contributed by atoms with Gasteiger partial charge in [-0.3, -0.25) is 4.79 Å². The first-order chi connectivity index (χ1) is 6.34. The first-order valence-corrected chi connectivity index (χ1v) is 4.51. The molecule has 0 fully saturated rings. The molecule has 5 heteroatoms. The summed E-state index contributed by atoms with van der Waals surface area (Å²) < 4.78 is 28.2. The van der Waals surface area contributed by atoms with E-state index < -0.39 is 24.6 Å². The van der Waals surface area contributed by atoms with Crippen LogP contribution in [0.4, 0.5) is 8.78 Å². The standard InChI is InChI=1S/C9H16F2O3/c1-5(2)7(14-9(10)11)4-6(3)8(12)13/h5-7,9H,4H2,1-3H3,(H,12,13). The third kappa shape index (κ3) is 5.11. The fourth-order valence-electron chi connectivity index (χ4n) is 1.07. The highest BCUT2D eigenvalue weighted by atomic mass is 19.3. The highest BCUT2D eigenvalue weighted by Crippen LogP contribution is 2.19. The van der Waals surface area contributed by atoms with Crippen molar-refractivity contribution in [1.29, 1.82) is 0 Å². The summed E-state index contributed by atoms with van der Waals surface area (Å²) in [5.41, 5.74) is 0. The van der Waals surface area contributed by atoms with E-state index in [1.54, 1.807) is 13.8 Å². The fourth-order valence-corrected chi connectivity index (χ4v) is 1.07. The minimum atomic E-state index is -2.84. The number of aliphatic carboxylic acids is 1. The number of carboxylic acid groups (broad SMARTS) is 1. The van der Waals surface area contributed by atoms with Crippen LogP contribution in [0.1, 0.15) is 27.2 Å². The quantitative estimate of drug-likeness (QED) is 0.732. The average Bonchev–Trinajstić information content (AvgIpc) is 2.01. The second kappa shape index (κ2) is 5.90. The number of alkyl halides is 2. The van der Waals surface area contributed by atoms with Crippen molar-refractivity contribution < 1.29 is 23.4 Å². The molecule has 0 amide bonds. The highest BCUT2D eigenvalue weighted by Gasteiger charge is 2.24. The van der Waals surface area contributed by atoms with Gasteiger partial charge in [0.05, 0.1) is 12.0 Å². The second-order valence-corrected chi connectivity index (χ2v) is 3.65. The molecule has 0 radical (unpaired) electrons. The van der Waals surface area contributed by atoms with Crippen LogP contribution >= 0.6 is 0 Å². The molecule has 0 bridgehead atoms. The Balaban J connectivity index is 4.16. The Labute approximate surface area is 82.1 Å². The summed E-state index contributed by atoms with van der Waals surface area (Å²) in [6.07, 6.45) is -0.599. The Morgan fingerprint density at radius 1 is 1.36 bits per heavy atom. The molecular formula is C9H16F2O3. The van der Waals surface area contributed by atoms with Crippen molar-refractivity contribution in [2.75, 3.05) is 0 Å². The van der Waals surface area contributed by atoms with E-state index in [1.165, 1.54) is 6.92 Å². The van der Waals surface area contributed by atoms with Gasteiger partial charge in [0.15, 0.2) is 0 Å². The maximum atomic E-state index is 11.9. The van der Waals surface area contributed by atoms with Crippen LogP contribution < -0.4 is 0 Å². The summed E-state index contributed by atoms with van der Waals surface area (Å²) >= 11 is 0. The van der Waals surface area contributed by atoms with Gasteiger partial charge in [0, 0.05) is 0 Å². The van der Waals surface area contributed by atoms with Gasteiger partial charge < -0.3 is 9.84 Å². The average molecular weight is 210 g/mol. The smallest absolute Gasteiger partial charge is 0.345 e. The predicted octanol–water partition coefficient (Wildman–Crippen LogP) is 2.36. The summed E-state index contributed by atoms with van der Waals surface area (Å²) in [4.78, 5) is 10.5. The molecule has 0 spiro atoms. The first kappa shape index (κ1) is 13.3. The fraction of sp³-hybridized carbons (Fsp3) is 0.889. The molecule has 0 saturated heterocycles. The molecule has 0 aromatic carbocycles. The molecule has 14 heavy (non-hydrogen) atoms. The van der Waals surface area contributed by atoms with Crippen LogP contribution in [0, 0.1) is 11.8 Å². The summed E-state index contributed by atoms with van der Waals surface area (Å²) in [5.74, 6) is -1.78. The molecule has 0 rings (SSSR count). The lowest BCUT2D eigenvalue weighted by molar-refractivity contribution is -0.180. The summed E-state index contributed by atoms with van der Waals surface area (Å²) in [6.45, 7) is 2.08. The molecule has 0 aliphatic carbocycles. The van der Waals surface area contributed by atoms with Gasteiger partial charge in [0.2, 0.25) is 0 Å². The van der Waals surface area contributed by atoms with Crippen LogP contribution in [0.5, 0.6) is 0 Å². The van der Waals surface area contributed by atoms with Crippen LogP contribution in [0.25, 0.3) is 0 Å². The van der Waals surface area contributed by atoms with E-state index in [9.17, 15) is 13.6 Å². The molecule has 1 N–H and O–H groups in total. The van der Waals surface area contributed by atoms with Crippen LogP contribution in [0.3, 0.4) is 0 Å². The molecule has 0 heterocycles. The van der Waals surface area contributed by atoms with Crippen molar-refractivity contribution in [3.63, 3.8) is 0 Å². The summed E-state index contributed by atoms with van der Waals surface area (Å²) in [6, 6.07) is 0. The van der Waals surface area contributed by atoms with Crippen molar-refractivity contribution in [1.82, 2.24) is 0 Å². The van der Waals surface area contributed by atoms with Gasteiger partial charge in [-0.2, -0.15) is 8.78 Å². The Morgan fingerprint density at radius 2 is 1.86 bits per heavy atom. The largest absolute Gasteiger partial charge is 0.481 e. The second-order valence-electron chi connectivity index (χ2n) is 3.65. The molecule has 84 valence electrons. The number of carboxylic acids is 1. The number of hydrogen-bond donors (Lipinski definition) is 1. The van der Waals surface area contributed by atoms with E-state index in [1.807, 2.05) is 0 Å². The topological polar surface area (TPSA) is 46.5 Å². The Morgan fingerprint density at radius 3 is 2.14 bits per heavy atom. The van der Waals surface area contributed by atoms with E-state index in [4.69, 9.17) is 5.11 Å². The van der Waals surface area contributed by atoms with Gasteiger partial charge in [-0.1, -0.05) is 20.8 Å². The Hall–Kier alpha value is -0.710. The molecular weight excluding hydrogens is 194 g/mol. The van der Waals surface area contributed by atoms with Crippen molar-refractivity contribution in [3.8, 4) is 0 Å². The molecule has 0 saturated carbocycles. The van der Waals surface area contributed by atoms with E-state index in [2.05, 4.69) is 4.74 Å². The molecule has 3 nitrogen and oxygen atoms in total. The molecule has 0 aromatic heterocycles. The van der Waals surface area contributed by atoms with Crippen molar-refractivity contribution in [3.05, 3.63) is 0 Å². The van der Waals surface area contributed by atoms with Gasteiger partial charge in [-0.25, -0.2) is 0 Å². The zero-order valence-electron chi connectivity index (χ0n) is 8.54. The van der Waals surface area contributed by atoms with Gasteiger partial charge in [0.25, 0.3) is 0 Å². The van der Waals surface area contributed by atoms with E-state index in [-0.39, 0.29) is 12.3 Å². The summed E-state index contributed by atoms with van der Waals surface area (Å²) in [7, 11) is 0. The van der Waals surface area contributed by atoms with Crippen LogP contribution in [-0.2, 0) is 9.53 Å². The monoisotopic (exact) mass is 210 g/mol. The third-order valence-electron chi connectivity index (χ3n) is 2.03. The number of ether oxygens (including phenoxy) is 1. The lowest BCUT2D eigenvalue weighted by atomic mass is 9.96. The third-order valence-corrected chi connectivity index (χ3v) is 2.03. The van der Waals surface area contributed by atoms with E-state index in [0.29, 0.717) is 0 Å². The van der Waals surface area contributed by atoms with Gasteiger partial charge in [-0.05, 0) is 12.3 Å². The molecule has 2 unspecified atom stereocenters. The maximum Gasteiger partial charge on any atom is 0.345 e. The minimum absolute atomic E-state index is 0.108. The SMILES string of the molecule is CC(CC(OC(F)F)C(C)C)C(=O)O.